The number of aryl methyl sites for hydroxylation is 1. The van der Waals surface area contributed by atoms with Crippen molar-refractivity contribution in [1.82, 2.24) is 14.9 Å². The Bertz CT molecular complexity index is 740. The third-order valence-corrected chi connectivity index (χ3v) is 4.86. The maximum atomic E-state index is 9.50. The van der Waals surface area contributed by atoms with Crippen molar-refractivity contribution in [2.75, 3.05) is 44.0 Å². The third-order valence-electron chi connectivity index (χ3n) is 4.86. The van der Waals surface area contributed by atoms with Crippen LogP contribution in [0.4, 0.5) is 11.8 Å². The van der Waals surface area contributed by atoms with Gasteiger partial charge in [0.2, 0.25) is 5.95 Å². The van der Waals surface area contributed by atoms with Crippen molar-refractivity contribution in [3.63, 3.8) is 0 Å². The molecule has 1 saturated heterocycles. The summed E-state index contributed by atoms with van der Waals surface area (Å²) in [4.78, 5) is 13.2. The average Bonchev–Trinajstić information content (AvgIpc) is 2.63. The molecular formula is C19H27N5O2. The molecular weight excluding hydrogens is 330 g/mol. The first-order chi connectivity index (χ1) is 12.6. The van der Waals surface area contributed by atoms with Crippen molar-refractivity contribution < 1.29 is 9.84 Å². The maximum absolute atomic E-state index is 9.50. The largest absolute Gasteiger partial charge is 0.496 e. The number of hydrogen-bond acceptors (Lipinski definition) is 7. The summed E-state index contributed by atoms with van der Waals surface area (Å²) in [6.45, 7) is 5.56. The van der Waals surface area contributed by atoms with Gasteiger partial charge in [-0.25, -0.2) is 4.98 Å². The van der Waals surface area contributed by atoms with Crippen LogP contribution in [-0.4, -0.2) is 59.4 Å². The minimum atomic E-state index is 0.161. The van der Waals surface area contributed by atoms with Gasteiger partial charge in [-0.1, -0.05) is 12.1 Å². The summed E-state index contributed by atoms with van der Waals surface area (Å²) in [5.74, 6) is 2.04. The number of anilines is 2. The van der Waals surface area contributed by atoms with Gasteiger partial charge >= 0.3 is 0 Å². The van der Waals surface area contributed by atoms with E-state index < -0.39 is 0 Å². The summed E-state index contributed by atoms with van der Waals surface area (Å²) in [7, 11) is 1.69. The quantitative estimate of drug-likeness (QED) is 0.809. The SMILES string of the molecule is COc1ccc(CN2CCN(c3nccc(N)n3)C[C@H]2CCO)cc1C. The van der Waals surface area contributed by atoms with Crippen LogP contribution in [-0.2, 0) is 6.54 Å². The predicted molar refractivity (Wildman–Crippen MR) is 102 cm³/mol. The molecule has 7 nitrogen and oxygen atoms in total. The molecule has 7 heteroatoms. The molecule has 140 valence electrons. The zero-order valence-corrected chi connectivity index (χ0v) is 15.4. The van der Waals surface area contributed by atoms with E-state index in [0.717, 1.165) is 37.5 Å². The van der Waals surface area contributed by atoms with Gasteiger partial charge in [-0.15, -0.1) is 0 Å². The van der Waals surface area contributed by atoms with E-state index in [-0.39, 0.29) is 12.6 Å². The Balaban J connectivity index is 1.71. The van der Waals surface area contributed by atoms with Crippen LogP contribution in [0.25, 0.3) is 0 Å². The van der Waals surface area contributed by atoms with E-state index in [0.29, 0.717) is 18.2 Å². The standard InChI is InChI=1S/C19H27N5O2/c1-14-11-15(3-4-17(14)26-2)12-23-8-9-24(13-16(23)6-10-25)19-21-7-5-18(20)22-19/h3-5,7,11,16,25H,6,8-10,12-13H2,1-2H3,(H2,20,21,22)/t16-/m1/s1. The highest BCUT2D eigenvalue weighted by Gasteiger charge is 2.28. The summed E-state index contributed by atoms with van der Waals surface area (Å²) in [6.07, 6.45) is 2.40. The molecule has 1 aliphatic rings. The fourth-order valence-corrected chi connectivity index (χ4v) is 3.49. The van der Waals surface area contributed by atoms with Crippen molar-refractivity contribution >= 4 is 11.8 Å². The second-order valence-electron chi connectivity index (χ2n) is 6.67. The summed E-state index contributed by atoms with van der Waals surface area (Å²) in [5.41, 5.74) is 8.17. The van der Waals surface area contributed by atoms with Gasteiger partial charge in [0.05, 0.1) is 7.11 Å². The van der Waals surface area contributed by atoms with Crippen LogP contribution in [0.15, 0.2) is 30.5 Å². The van der Waals surface area contributed by atoms with Gasteiger partial charge in [-0.2, -0.15) is 4.98 Å². The molecule has 0 radical (unpaired) electrons. The van der Waals surface area contributed by atoms with Crippen molar-refractivity contribution in [3.8, 4) is 5.75 Å². The van der Waals surface area contributed by atoms with Gasteiger partial charge < -0.3 is 20.5 Å². The lowest BCUT2D eigenvalue weighted by Crippen LogP contribution is -2.53. The number of benzene rings is 1. The van der Waals surface area contributed by atoms with E-state index in [1.165, 1.54) is 5.56 Å². The number of nitrogens with two attached hydrogens (primary N) is 1. The van der Waals surface area contributed by atoms with Gasteiger partial charge in [0.25, 0.3) is 0 Å². The van der Waals surface area contributed by atoms with Crippen molar-refractivity contribution in [3.05, 3.63) is 41.6 Å². The Morgan fingerprint density at radius 2 is 2.15 bits per heavy atom. The highest BCUT2D eigenvalue weighted by molar-refractivity contribution is 5.39. The molecule has 0 bridgehead atoms. The van der Waals surface area contributed by atoms with E-state index in [1.54, 1.807) is 19.4 Å². The van der Waals surface area contributed by atoms with Gasteiger partial charge in [0.1, 0.15) is 11.6 Å². The Hall–Kier alpha value is -2.38. The molecule has 3 N–H and O–H groups in total. The van der Waals surface area contributed by atoms with E-state index in [9.17, 15) is 5.11 Å². The molecule has 1 fully saturated rings. The summed E-state index contributed by atoms with van der Waals surface area (Å²) in [6, 6.07) is 8.22. The van der Waals surface area contributed by atoms with Crippen LogP contribution in [0.5, 0.6) is 5.75 Å². The molecule has 2 aromatic rings. The number of hydrogen-bond donors (Lipinski definition) is 2. The number of aromatic nitrogens is 2. The number of ether oxygens (including phenoxy) is 1. The number of nitrogen functional groups attached to an aromatic ring is 1. The van der Waals surface area contributed by atoms with Crippen molar-refractivity contribution in [1.29, 1.82) is 0 Å². The first-order valence-electron chi connectivity index (χ1n) is 8.92. The number of aliphatic hydroxyl groups excluding tert-OH is 1. The number of methoxy groups -OCH3 is 1. The predicted octanol–water partition coefficient (Wildman–Crippen LogP) is 1.45. The summed E-state index contributed by atoms with van der Waals surface area (Å²) in [5, 5.41) is 9.50. The lowest BCUT2D eigenvalue weighted by molar-refractivity contribution is 0.135. The zero-order valence-electron chi connectivity index (χ0n) is 15.4. The Kier molecular flexibility index (Phi) is 5.90. The maximum Gasteiger partial charge on any atom is 0.227 e. The van der Waals surface area contributed by atoms with Gasteiger partial charge in [-0.3, -0.25) is 4.90 Å². The molecule has 0 unspecified atom stereocenters. The molecule has 0 amide bonds. The highest BCUT2D eigenvalue weighted by Crippen LogP contribution is 2.23. The average molecular weight is 357 g/mol. The minimum absolute atomic E-state index is 0.161. The molecule has 3 rings (SSSR count). The topological polar surface area (TPSA) is 87.7 Å². The van der Waals surface area contributed by atoms with Crippen molar-refractivity contribution in [2.45, 2.75) is 25.9 Å². The number of nitrogens with zero attached hydrogens (tertiary/aromatic N) is 4. The fraction of sp³-hybridized carbons (Fsp3) is 0.474. The van der Waals surface area contributed by atoms with E-state index in [1.807, 2.05) is 6.07 Å². The number of aliphatic hydroxyl groups is 1. The third kappa shape index (κ3) is 4.23. The number of rotatable bonds is 6. The molecule has 2 heterocycles. The van der Waals surface area contributed by atoms with Gasteiger partial charge in [0.15, 0.2) is 0 Å². The Labute approximate surface area is 154 Å². The summed E-state index contributed by atoms with van der Waals surface area (Å²) < 4.78 is 5.34. The number of piperazine rings is 1. The van der Waals surface area contributed by atoms with Gasteiger partial charge in [0, 0.05) is 45.0 Å². The van der Waals surface area contributed by atoms with E-state index >= 15 is 0 Å². The summed E-state index contributed by atoms with van der Waals surface area (Å²) >= 11 is 0. The molecule has 0 spiro atoms. The van der Waals surface area contributed by atoms with E-state index in [4.69, 9.17) is 10.5 Å². The van der Waals surface area contributed by atoms with Crippen LogP contribution in [0.1, 0.15) is 17.5 Å². The lowest BCUT2D eigenvalue weighted by atomic mass is 10.1. The fourth-order valence-electron chi connectivity index (χ4n) is 3.49. The first kappa shape index (κ1) is 18.4. The first-order valence-corrected chi connectivity index (χ1v) is 8.92. The molecule has 0 aliphatic carbocycles. The highest BCUT2D eigenvalue weighted by atomic mass is 16.5. The minimum Gasteiger partial charge on any atom is -0.496 e. The van der Waals surface area contributed by atoms with Crippen LogP contribution in [0.2, 0.25) is 0 Å². The second-order valence-corrected chi connectivity index (χ2v) is 6.67. The molecule has 1 atom stereocenters. The van der Waals surface area contributed by atoms with Gasteiger partial charge in [-0.05, 0) is 36.6 Å². The molecule has 1 aromatic carbocycles. The molecule has 26 heavy (non-hydrogen) atoms. The Morgan fingerprint density at radius 3 is 2.85 bits per heavy atom. The van der Waals surface area contributed by atoms with Crippen LogP contribution in [0, 0.1) is 6.92 Å². The van der Waals surface area contributed by atoms with Crippen LogP contribution >= 0.6 is 0 Å². The zero-order chi connectivity index (χ0) is 18.5. The molecule has 0 saturated carbocycles. The van der Waals surface area contributed by atoms with E-state index in [2.05, 4.69) is 38.8 Å². The Morgan fingerprint density at radius 1 is 1.31 bits per heavy atom. The normalized spacial score (nSPS) is 18.1. The monoisotopic (exact) mass is 357 g/mol. The van der Waals surface area contributed by atoms with Crippen LogP contribution in [0.3, 0.4) is 0 Å². The molecule has 1 aliphatic heterocycles. The van der Waals surface area contributed by atoms with Crippen LogP contribution < -0.4 is 15.4 Å². The smallest absolute Gasteiger partial charge is 0.227 e. The lowest BCUT2D eigenvalue weighted by Gasteiger charge is -2.41. The van der Waals surface area contributed by atoms with Crippen molar-refractivity contribution in [2.24, 2.45) is 0 Å². The molecule has 1 aromatic heterocycles. The second kappa shape index (κ2) is 8.33.